The molecule has 2 N–H and O–H groups in total. The number of carbonyl (C=O) groups is 1. The minimum atomic E-state index is -0.632. The van der Waals surface area contributed by atoms with Gasteiger partial charge >= 0.3 is 5.69 Å². The number of nitro benzene ring substituents is 1. The first-order valence-corrected chi connectivity index (χ1v) is 8.45. The normalized spacial score (nSPS) is 15.4. The molecule has 1 aliphatic heterocycles. The molecule has 1 aliphatic rings. The van der Waals surface area contributed by atoms with Crippen molar-refractivity contribution in [3.63, 3.8) is 0 Å². The highest BCUT2D eigenvalue weighted by Crippen LogP contribution is 2.34. The molecule has 2 aromatic rings. The van der Waals surface area contributed by atoms with Crippen molar-refractivity contribution in [2.45, 2.75) is 6.42 Å². The molecular weight excluding hydrogens is 360 g/mol. The zero-order valence-corrected chi connectivity index (χ0v) is 14.4. The number of carbonyl (C=O) groups excluding carboxylic acids is 1. The summed E-state index contributed by atoms with van der Waals surface area (Å²) >= 11 is 6.08. The smallest absolute Gasteiger partial charge is 0.311 e. The molecule has 1 heterocycles. The molecule has 0 unspecified atom stereocenters. The summed E-state index contributed by atoms with van der Waals surface area (Å²) in [6.07, 6.45) is 2.01. The molecule has 2 aromatic carbocycles. The first-order chi connectivity index (χ1) is 11.9. The van der Waals surface area contributed by atoms with Crippen LogP contribution in [0.3, 0.4) is 0 Å². The van der Waals surface area contributed by atoms with Crippen LogP contribution in [0.2, 0.25) is 0 Å². The van der Waals surface area contributed by atoms with Gasteiger partial charge in [-0.05, 0) is 35.3 Å². The second kappa shape index (κ2) is 7.04. The molecule has 25 heavy (non-hydrogen) atoms. The van der Waals surface area contributed by atoms with Crippen LogP contribution in [0.4, 0.5) is 5.69 Å². The maximum atomic E-state index is 11.9. The third-order valence-corrected chi connectivity index (χ3v) is 4.76. The predicted octanol–water partition coefficient (Wildman–Crippen LogP) is 3.38. The molecular formula is C17H12N2O4S2. The van der Waals surface area contributed by atoms with Crippen molar-refractivity contribution >= 4 is 46.0 Å². The Hall–Kier alpha value is -2.71. The van der Waals surface area contributed by atoms with Crippen LogP contribution in [-0.2, 0) is 11.2 Å². The molecule has 0 atom stereocenters. The highest BCUT2D eigenvalue weighted by Gasteiger charge is 2.24. The lowest BCUT2D eigenvalue weighted by molar-refractivity contribution is -0.385. The molecule has 1 saturated heterocycles. The summed E-state index contributed by atoms with van der Waals surface area (Å²) in [6, 6.07) is 12.1. The van der Waals surface area contributed by atoms with E-state index in [1.807, 2.05) is 30.3 Å². The van der Waals surface area contributed by atoms with Crippen LogP contribution in [0.5, 0.6) is 5.75 Å². The number of benzene rings is 2. The number of hydrogen-bond donors (Lipinski definition) is 2. The molecule has 0 spiro atoms. The average Bonchev–Trinajstić information content (AvgIpc) is 2.88. The maximum Gasteiger partial charge on any atom is 0.311 e. The number of aromatic hydroxyl groups is 1. The van der Waals surface area contributed by atoms with E-state index in [-0.39, 0.29) is 11.6 Å². The van der Waals surface area contributed by atoms with Crippen LogP contribution in [0.25, 0.3) is 6.08 Å². The van der Waals surface area contributed by atoms with Crippen molar-refractivity contribution in [1.82, 2.24) is 5.32 Å². The fourth-order valence-electron chi connectivity index (χ4n) is 2.45. The summed E-state index contributed by atoms with van der Waals surface area (Å²) in [5.74, 6) is -0.766. The number of hydrogen-bond acceptors (Lipinski definition) is 6. The first kappa shape index (κ1) is 17.1. The quantitative estimate of drug-likeness (QED) is 0.370. The van der Waals surface area contributed by atoms with E-state index >= 15 is 0 Å². The van der Waals surface area contributed by atoms with Gasteiger partial charge in [0.1, 0.15) is 4.32 Å². The van der Waals surface area contributed by atoms with Gasteiger partial charge in [-0.2, -0.15) is 0 Å². The minimum Gasteiger partial charge on any atom is -0.502 e. The van der Waals surface area contributed by atoms with Crippen molar-refractivity contribution in [1.29, 1.82) is 0 Å². The van der Waals surface area contributed by atoms with E-state index in [1.165, 1.54) is 12.1 Å². The van der Waals surface area contributed by atoms with Crippen LogP contribution in [0.15, 0.2) is 47.4 Å². The molecule has 3 rings (SSSR count). The Labute approximate surface area is 152 Å². The van der Waals surface area contributed by atoms with Crippen molar-refractivity contribution < 1.29 is 14.8 Å². The van der Waals surface area contributed by atoms with Gasteiger partial charge in [-0.1, -0.05) is 54.3 Å². The third kappa shape index (κ3) is 3.86. The largest absolute Gasteiger partial charge is 0.502 e. The maximum absolute atomic E-state index is 11.9. The van der Waals surface area contributed by atoms with E-state index < -0.39 is 10.7 Å². The lowest BCUT2D eigenvalue weighted by atomic mass is 9.98. The Morgan fingerprint density at radius 2 is 2.00 bits per heavy atom. The zero-order valence-electron chi connectivity index (χ0n) is 12.8. The molecule has 126 valence electrons. The van der Waals surface area contributed by atoms with Gasteiger partial charge in [-0.15, -0.1) is 0 Å². The number of thioether (sulfide) groups is 1. The van der Waals surface area contributed by atoms with Crippen LogP contribution in [0.1, 0.15) is 16.7 Å². The summed E-state index contributed by atoms with van der Waals surface area (Å²) < 4.78 is 0.354. The van der Waals surface area contributed by atoms with E-state index in [0.29, 0.717) is 26.8 Å². The Bertz CT molecular complexity index is 910. The monoisotopic (exact) mass is 372 g/mol. The van der Waals surface area contributed by atoms with Crippen molar-refractivity contribution in [2.24, 2.45) is 0 Å². The number of nitrogens with one attached hydrogen (secondary N) is 1. The van der Waals surface area contributed by atoms with Gasteiger partial charge < -0.3 is 10.4 Å². The van der Waals surface area contributed by atoms with Crippen molar-refractivity contribution in [2.75, 3.05) is 0 Å². The Balaban J connectivity index is 2.08. The number of rotatable bonds is 4. The van der Waals surface area contributed by atoms with E-state index in [1.54, 1.807) is 6.08 Å². The van der Waals surface area contributed by atoms with Crippen LogP contribution < -0.4 is 5.32 Å². The highest BCUT2D eigenvalue weighted by atomic mass is 32.2. The molecule has 0 radical (unpaired) electrons. The van der Waals surface area contributed by atoms with Crippen molar-refractivity contribution in [3.8, 4) is 5.75 Å². The van der Waals surface area contributed by atoms with Gasteiger partial charge in [0.15, 0.2) is 5.75 Å². The van der Waals surface area contributed by atoms with E-state index in [9.17, 15) is 20.0 Å². The molecule has 6 nitrogen and oxygen atoms in total. The summed E-state index contributed by atoms with van der Waals surface area (Å²) in [7, 11) is 0. The Kier molecular flexibility index (Phi) is 4.82. The van der Waals surface area contributed by atoms with Gasteiger partial charge in [0.25, 0.3) is 5.91 Å². The zero-order chi connectivity index (χ0) is 18.0. The average molecular weight is 372 g/mol. The molecule has 0 saturated carbocycles. The van der Waals surface area contributed by atoms with Gasteiger partial charge in [0.05, 0.1) is 9.83 Å². The SMILES string of the molecule is O=C1NC(=S)SC1=Cc1cc(O)c([N+](=O)[O-])cc1Cc1ccccc1. The van der Waals surface area contributed by atoms with E-state index in [4.69, 9.17) is 12.2 Å². The first-order valence-electron chi connectivity index (χ1n) is 7.23. The molecule has 0 bridgehead atoms. The van der Waals surface area contributed by atoms with E-state index in [2.05, 4.69) is 5.32 Å². The summed E-state index contributed by atoms with van der Waals surface area (Å²) in [4.78, 5) is 22.7. The number of thiocarbonyl (C=S) groups is 1. The van der Waals surface area contributed by atoms with Gasteiger partial charge in [0, 0.05) is 6.07 Å². The lowest BCUT2D eigenvalue weighted by Gasteiger charge is -2.09. The summed E-state index contributed by atoms with van der Waals surface area (Å²) in [5, 5.41) is 23.6. The second-order valence-corrected chi connectivity index (χ2v) is 7.03. The Morgan fingerprint density at radius 3 is 2.60 bits per heavy atom. The number of phenols is 1. The number of nitrogens with zero attached hydrogens (tertiary/aromatic N) is 1. The van der Waals surface area contributed by atoms with Crippen LogP contribution in [0, 0.1) is 10.1 Å². The Morgan fingerprint density at radius 1 is 1.28 bits per heavy atom. The molecule has 1 fully saturated rings. The van der Waals surface area contributed by atoms with Crippen LogP contribution in [-0.4, -0.2) is 20.3 Å². The molecule has 1 amide bonds. The lowest BCUT2D eigenvalue weighted by Crippen LogP contribution is -2.17. The minimum absolute atomic E-state index is 0.321. The fourth-order valence-corrected chi connectivity index (χ4v) is 3.48. The second-order valence-electron chi connectivity index (χ2n) is 5.31. The van der Waals surface area contributed by atoms with Gasteiger partial charge in [0.2, 0.25) is 0 Å². The van der Waals surface area contributed by atoms with E-state index in [0.717, 1.165) is 17.3 Å². The summed E-state index contributed by atoms with van der Waals surface area (Å²) in [5.41, 5.74) is 1.76. The predicted molar refractivity (Wildman–Crippen MR) is 100 cm³/mol. The molecule has 0 aliphatic carbocycles. The van der Waals surface area contributed by atoms with Gasteiger partial charge in [-0.3, -0.25) is 14.9 Å². The standard InChI is InChI=1S/C17H12N2O4S2/c20-14-8-12(9-15-16(21)18-17(24)25-15)11(7-13(14)19(22)23)6-10-4-2-1-3-5-10/h1-5,7-9,20H,6H2,(H,18,21,24). The molecule has 8 heteroatoms. The number of nitro groups is 1. The highest BCUT2D eigenvalue weighted by molar-refractivity contribution is 8.26. The number of phenolic OH excluding ortho intramolecular Hbond substituents is 1. The third-order valence-electron chi connectivity index (χ3n) is 3.60. The number of amides is 1. The molecule has 0 aromatic heterocycles. The van der Waals surface area contributed by atoms with Crippen molar-refractivity contribution in [3.05, 3.63) is 74.2 Å². The van der Waals surface area contributed by atoms with Gasteiger partial charge in [-0.25, -0.2) is 0 Å². The summed E-state index contributed by atoms with van der Waals surface area (Å²) in [6.45, 7) is 0. The topological polar surface area (TPSA) is 92.5 Å². The van der Waals surface area contributed by atoms with Crippen LogP contribution >= 0.6 is 24.0 Å². The fraction of sp³-hybridized carbons (Fsp3) is 0.0588.